The molecular weight excluding hydrogens is 223 g/mol. The third-order valence-corrected chi connectivity index (χ3v) is 2.89. The summed E-state index contributed by atoms with van der Waals surface area (Å²) in [6.45, 7) is 0. The van der Waals surface area contributed by atoms with Gasteiger partial charge in [-0.05, 0) is 46.3 Å². The van der Waals surface area contributed by atoms with Crippen molar-refractivity contribution in [3.05, 3.63) is 28.0 Å². The van der Waals surface area contributed by atoms with E-state index in [0.717, 1.165) is 24.5 Å². The van der Waals surface area contributed by atoms with Crippen LogP contribution in [0.4, 0.5) is 4.39 Å². The Morgan fingerprint density at radius 1 is 1.42 bits per heavy atom. The molecule has 12 heavy (non-hydrogen) atoms. The Bertz CT molecular complexity index is 321. The summed E-state index contributed by atoms with van der Waals surface area (Å²) in [6.07, 6.45) is 2.20. The summed E-state index contributed by atoms with van der Waals surface area (Å²) in [5, 5.41) is 9.13. The predicted molar refractivity (Wildman–Crippen MR) is 47.7 cm³/mol. The van der Waals surface area contributed by atoms with Crippen molar-refractivity contribution in [2.24, 2.45) is 0 Å². The van der Waals surface area contributed by atoms with E-state index in [4.69, 9.17) is 5.11 Å². The second kappa shape index (κ2) is 2.73. The standard InChI is InChI=1S/C9H8BrFO/c10-9-7(5-1-2-5)3-6(12)4-8(9)11/h3-5,12H,1-2H2. The number of phenolic OH excluding ortho intramolecular Hbond substituents is 1. The lowest BCUT2D eigenvalue weighted by atomic mass is 10.1. The molecule has 0 radical (unpaired) electrons. The van der Waals surface area contributed by atoms with E-state index in [-0.39, 0.29) is 11.6 Å². The summed E-state index contributed by atoms with van der Waals surface area (Å²) in [5.74, 6) is 0.0791. The molecule has 1 aliphatic carbocycles. The summed E-state index contributed by atoms with van der Waals surface area (Å²) in [4.78, 5) is 0. The molecule has 3 heteroatoms. The van der Waals surface area contributed by atoms with Gasteiger partial charge in [-0.25, -0.2) is 4.39 Å². The molecule has 1 N–H and O–H groups in total. The maximum Gasteiger partial charge on any atom is 0.141 e. The van der Waals surface area contributed by atoms with E-state index in [1.54, 1.807) is 6.07 Å². The molecule has 0 saturated heterocycles. The summed E-state index contributed by atoms with van der Waals surface area (Å²) >= 11 is 3.17. The first-order valence-corrected chi connectivity index (χ1v) is 4.65. The van der Waals surface area contributed by atoms with Gasteiger partial charge in [-0.15, -0.1) is 0 Å². The molecule has 0 amide bonds. The lowest BCUT2D eigenvalue weighted by Crippen LogP contribution is -1.86. The number of phenols is 1. The first-order chi connectivity index (χ1) is 5.68. The van der Waals surface area contributed by atoms with Crippen molar-refractivity contribution < 1.29 is 9.50 Å². The lowest BCUT2D eigenvalue weighted by molar-refractivity contribution is 0.467. The van der Waals surface area contributed by atoms with E-state index in [2.05, 4.69) is 15.9 Å². The first-order valence-electron chi connectivity index (χ1n) is 3.86. The van der Waals surface area contributed by atoms with E-state index in [0.29, 0.717) is 10.4 Å². The van der Waals surface area contributed by atoms with Crippen LogP contribution in [-0.2, 0) is 0 Å². The Kier molecular flexibility index (Phi) is 1.83. The minimum Gasteiger partial charge on any atom is -0.508 e. The quantitative estimate of drug-likeness (QED) is 0.786. The van der Waals surface area contributed by atoms with Crippen molar-refractivity contribution in [3.8, 4) is 5.75 Å². The van der Waals surface area contributed by atoms with Crippen LogP contribution < -0.4 is 0 Å². The van der Waals surface area contributed by atoms with Crippen molar-refractivity contribution >= 4 is 15.9 Å². The van der Waals surface area contributed by atoms with Crippen LogP contribution in [-0.4, -0.2) is 5.11 Å². The van der Waals surface area contributed by atoms with Gasteiger partial charge in [-0.3, -0.25) is 0 Å². The van der Waals surface area contributed by atoms with Crippen LogP contribution in [0.2, 0.25) is 0 Å². The lowest BCUT2D eigenvalue weighted by Gasteiger charge is -2.03. The van der Waals surface area contributed by atoms with Crippen molar-refractivity contribution in [3.63, 3.8) is 0 Å². The maximum absolute atomic E-state index is 13.0. The topological polar surface area (TPSA) is 20.2 Å². The van der Waals surface area contributed by atoms with Crippen LogP contribution in [0.3, 0.4) is 0 Å². The second-order valence-corrected chi connectivity index (χ2v) is 3.90. The Morgan fingerprint density at radius 3 is 2.67 bits per heavy atom. The van der Waals surface area contributed by atoms with Crippen LogP contribution >= 0.6 is 15.9 Å². The van der Waals surface area contributed by atoms with Crippen molar-refractivity contribution in [2.45, 2.75) is 18.8 Å². The monoisotopic (exact) mass is 230 g/mol. The molecule has 2 rings (SSSR count). The molecule has 1 nitrogen and oxygen atoms in total. The van der Waals surface area contributed by atoms with Gasteiger partial charge in [0.05, 0.1) is 4.47 Å². The van der Waals surface area contributed by atoms with Gasteiger partial charge < -0.3 is 5.11 Å². The summed E-state index contributed by atoms with van der Waals surface area (Å²) in [7, 11) is 0. The Balaban J connectivity index is 2.51. The van der Waals surface area contributed by atoms with Crippen molar-refractivity contribution in [1.82, 2.24) is 0 Å². The SMILES string of the molecule is Oc1cc(F)c(Br)c(C2CC2)c1. The zero-order valence-electron chi connectivity index (χ0n) is 6.35. The van der Waals surface area contributed by atoms with Gasteiger partial charge in [-0.2, -0.15) is 0 Å². The van der Waals surface area contributed by atoms with E-state index < -0.39 is 0 Å². The number of halogens is 2. The molecule has 64 valence electrons. The van der Waals surface area contributed by atoms with Crippen LogP contribution in [0.1, 0.15) is 24.3 Å². The Hall–Kier alpha value is -0.570. The van der Waals surface area contributed by atoms with Gasteiger partial charge in [0.15, 0.2) is 0 Å². The largest absolute Gasteiger partial charge is 0.508 e. The normalized spacial score (nSPS) is 16.5. The molecule has 0 atom stereocenters. The van der Waals surface area contributed by atoms with Crippen LogP contribution in [0.25, 0.3) is 0 Å². The third kappa shape index (κ3) is 1.33. The molecule has 1 aliphatic rings. The first kappa shape index (κ1) is 8.05. The maximum atomic E-state index is 13.0. The highest BCUT2D eigenvalue weighted by molar-refractivity contribution is 9.10. The molecule has 0 bridgehead atoms. The van der Waals surface area contributed by atoms with Crippen LogP contribution in [0.15, 0.2) is 16.6 Å². The van der Waals surface area contributed by atoms with Gasteiger partial charge in [0.1, 0.15) is 11.6 Å². The van der Waals surface area contributed by atoms with Gasteiger partial charge in [0.25, 0.3) is 0 Å². The smallest absolute Gasteiger partial charge is 0.141 e. The molecule has 1 aromatic carbocycles. The van der Waals surface area contributed by atoms with E-state index in [9.17, 15) is 4.39 Å². The van der Waals surface area contributed by atoms with Gasteiger partial charge >= 0.3 is 0 Å². The number of hydrogen-bond acceptors (Lipinski definition) is 1. The van der Waals surface area contributed by atoms with Crippen LogP contribution in [0, 0.1) is 5.82 Å². The molecule has 1 saturated carbocycles. The van der Waals surface area contributed by atoms with E-state index >= 15 is 0 Å². The highest BCUT2D eigenvalue weighted by Gasteiger charge is 2.27. The minimum atomic E-state index is -0.378. The third-order valence-electron chi connectivity index (χ3n) is 2.06. The van der Waals surface area contributed by atoms with Gasteiger partial charge in [0, 0.05) is 6.07 Å². The highest BCUT2D eigenvalue weighted by atomic mass is 79.9. The Labute approximate surface area is 78.3 Å². The number of benzene rings is 1. The zero-order valence-corrected chi connectivity index (χ0v) is 7.94. The molecule has 0 aliphatic heterocycles. The molecular formula is C9H8BrFO. The Morgan fingerprint density at radius 2 is 2.08 bits per heavy atom. The molecule has 0 spiro atoms. The predicted octanol–water partition coefficient (Wildman–Crippen LogP) is 3.17. The second-order valence-electron chi connectivity index (χ2n) is 3.11. The fourth-order valence-electron chi connectivity index (χ4n) is 1.29. The average Bonchev–Trinajstić information content (AvgIpc) is 2.79. The molecule has 0 aromatic heterocycles. The summed E-state index contributed by atoms with van der Waals surface area (Å²) < 4.78 is 13.5. The van der Waals surface area contributed by atoms with Crippen molar-refractivity contribution in [1.29, 1.82) is 0 Å². The molecule has 0 heterocycles. The van der Waals surface area contributed by atoms with Gasteiger partial charge in [0.2, 0.25) is 0 Å². The van der Waals surface area contributed by atoms with E-state index in [1.165, 1.54) is 0 Å². The average molecular weight is 231 g/mol. The molecule has 1 fully saturated rings. The number of aromatic hydroxyl groups is 1. The fourth-order valence-corrected chi connectivity index (χ4v) is 1.84. The highest BCUT2D eigenvalue weighted by Crippen LogP contribution is 2.45. The van der Waals surface area contributed by atoms with Gasteiger partial charge in [-0.1, -0.05) is 0 Å². The molecule has 0 unspecified atom stereocenters. The van der Waals surface area contributed by atoms with Crippen LogP contribution in [0.5, 0.6) is 5.75 Å². The number of hydrogen-bond donors (Lipinski definition) is 1. The minimum absolute atomic E-state index is 0.0117. The fraction of sp³-hybridized carbons (Fsp3) is 0.333. The molecule has 1 aromatic rings. The number of rotatable bonds is 1. The summed E-state index contributed by atoms with van der Waals surface area (Å²) in [6, 6.07) is 2.75. The van der Waals surface area contributed by atoms with Crippen molar-refractivity contribution in [2.75, 3.05) is 0 Å². The zero-order chi connectivity index (χ0) is 8.72. The summed E-state index contributed by atoms with van der Waals surface area (Å²) in [5.41, 5.74) is 0.896. The van der Waals surface area contributed by atoms with E-state index in [1.807, 2.05) is 0 Å².